The van der Waals surface area contributed by atoms with Crippen LogP contribution >= 0.6 is 0 Å². The molecule has 1 aliphatic carbocycles. The Balaban J connectivity index is 2.36. The molecule has 7 heteroatoms. The third kappa shape index (κ3) is 4.23. The van der Waals surface area contributed by atoms with Crippen LogP contribution in [0.15, 0.2) is 0 Å². The van der Waals surface area contributed by atoms with Gasteiger partial charge in [0.2, 0.25) is 0 Å². The maximum absolute atomic E-state index is 11.5. The van der Waals surface area contributed by atoms with Crippen molar-refractivity contribution in [3.05, 3.63) is 0 Å². The second-order valence-electron chi connectivity index (χ2n) is 4.67. The van der Waals surface area contributed by atoms with Crippen LogP contribution in [0.5, 0.6) is 0 Å². The van der Waals surface area contributed by atoms with Crippen LogP contribution in [0.3, 0.4) is 0 Å². The molecule has 0 bridgehead atoms. The summed E-state index contributed by atoms with van der Waals surface area (Å²) in [4.78, 5) is 32.6. The molecular weight excluding hydrogens is 240 g/mol. The molecule has 0 radical (unpaired) electrons. The molecule has 102 valence electrons. The normalized spacial score (nSPS) is 17.6. The van der Waals surface area contributed by atoms with E-state index in [-0.39, 0.29) is 5.41 Å². The first-order valence-corrected chi connectivity index (χ1v) is 5.87. The van der Waals surface area contributed by atoms with Gasteiger partial charge in [-0.05, 0) is 24.7 Å². The molecule has 0 aromatic heterocycles. The summed E-state index contributed by atoms with van der Waals surface area (Å²) in [5, 5.41) is 22.0. The molecule has 1 atom stereocenters. The first-order chi connectivity index (χ1) is 8.38. The number of hydrogen-bond acceptors (Lipinski definition) is 3. The van der Waals surface area contributed by atoms with Gasteiger partial charge < -0.3 is 20.8 Å². The van der Waals surface area contributed by atoms with Crippen molar-refractivity contribution in [2.75, 3.05) is 6.54 Å². The zero-order valence-electron chi connectivity index (χ0n) is 10.2. The van der Waals surface area contributed by atoms with Crippen molar-refractivity contribution in [3.63, 3.8) is 0 Å². The van der Waals surface area contributed by atoms with Crippen LogP contribution < -0.4 is 10.6 Å². The standard InChI is InChI=1S/C11H18N2O5/c1-2-11(3-4-11)6-12-10(18)13-7(9(16)17)5-8(14)15/h7H,2-6H2,1H3,(H,14,15)(H,16,17)(H2,12,13,18)/t7-/m0/s1. The average Bonchev–Trinajstić information content (AvgIpc) is 3.05. The number of rotatable bonds is 7. The van der Waals surface area contributed by atoms with Crippen molar-refractivity contribution in [2.24, 2.45) is 5.41 Å². The van der Waals surface area contributed by atoms with Gasteiger partial charge in [0.25, 0.3) is 0 Å². The highest BCUT2D eigenvalue weighted by molar-refractivity contribution is 5.86. The second kappa shape index (κ2) is 5.70. The Kier molecular flexibility index (Phi) is 4.52. The van der Waals surface area contributed by atoms with Crippen molar-refractivity contribution in [1.29, 1.82) is 0 Å². The number of aliphatic carboxylic acids is 2. The number of hydrogen-bond donors (Lipinski definition) is 4. The van der Waals surface area contributed by atoms with Gasteiger partial charge in [0, 0.05) is 6.54 Å². The largest absolute Gasteiger partial charge is 0.481 e. The quantitative estimate of drug-likeness (QED) is 0.527. The van der Waals surface area contributed by atoms with Gasteiger partial charge in [-0.25, -0.2) is 9.59 Å². The van der Waals surface area contributed by atoms with Crippen molar-refractivity contribution < 1.29 is 24.6 Å². The number of amides is 2. The van der Waals surface area contributed by atoms with Gasteiger partial charge in [0.1, 0.15) is 6.04 Å². The molecule has 1 rings (SSSR count). The summed E-state index contributed by atoms with van der Waals surface area (Å²) in [6.07, 6.45) is 2.44. The van der Waals surface area contributed by atoms with Gasteiger partial charge >= 0.3 is 18.0 Å². The number of carbonyl (C=O) groups excluding carboxylic acids is 1. The van der Waals surface area contributed by atoms with Crippen LogP contribution in [-0.2, 0) is 9.59 Å². The molecule has 4 N–H and O–H groups in total. The summed E-state index contributed by atoms with van der Waals surface area (Å²) in [6.45, 7) is 2.53. The maximum Gasteiger partial charge on any atom is 0.326 e. The summed E-state index contributed by atoms with van der Waals surface area (Å²) in [5.74, 6) is -2.63. The first-order valence-electron chi connectivity index (χ1n) is 5.87. The van der Waals surface area contributed by atoms with Gasteiger partial charge in [0.15, 0.2) is 0 Å². The Morgan fingerprint density at radius 1 is 1.28 bits per heavy atom. The highest BCUT2D eigenvalue weighted by atomic mass is 16.4. The molecule has 0 aromatic rings. The van der Waals surface area contributed by atoms with E-state index in [2.05, 4.69) is 10.6 Å². The molecule has 0 aliphatic heterocycles. The van der Waals surface area contributed by atoms with Crippen LogP contribution in [0.1, 0.15) is 32.6 Å². The summed E-state index contributed by atoms with van der Waals surface area (Å²) in [5.41, 5.74) is 0.156. The molecule has 0 spiro atoms. The highest BCUT2D eigenvalue weighted by Crippen LogP contribution is 2.47. The van der Waals surface area contributed by atoms with Crippen LogP contribution in [0.2, 0.25) is 0 Å². The van der Waals surface area contributed by atoms with E-state index in [0.29, 0.717) is 6.54 Å². The fourth-order valence-corrected chi connectivity index (χ4v) is 1.68. The van der Waals surface area contributed by atoms with Crippen LogP contribution in [0.4, 0.5) is 4.79 Å². The number of urea groups is 1. The molecule has 0 saturated heterocycles. The molecule has 0 heterocycles. The van der Waals surface area contributed by atoms with E-state index in [1.54, 1.807) is 0 Å². The molecule has 7 nitrogen and oxygen atoms in total. The molecule has 1 aliphatic rings. The Labute approximate surface area is 105 Å². The van der Waals surface area contributed by atoms with E-state index in [1.807, 2.05) is 6.92 Å². The van der Waals surface area contributed by atoms with Gasteiger partial charge in [-0.15, -0.1) is 0 Å². The lowest BCUT2D eigenvalue weighted by atomic mass is 10.0. The smallest absolute Gasteiger partial charge is 0.326 e. The fraction of sp³-hybridized carbons (Fsp3) is 0.727. The minimum atomic E-state index is -1.40. The van der Waals surface area contributed by atoms with E-state index in [4.69, 9.17) is 10.2 Å². The number of carboxylic acids is 2. The molecular formula is C11H18N2O5. The third-order valence-electron chi connectivity index (χ3n) is 3.31. The second-order valence-corrected chi connectivity index (χ2v) is 4.67. The van der Waals surface area contributed by atoms with Crippen LogP contribution in [0.25, 0.3) is 0 Å². The molecule has 2 amide bonds. The minimum absolute atomic E-state index is 0.156. The SMILES string of the molecule is CCC1(CNC(=O)N[C@@H](CC(=O)O)C(=O)O)CC1. The highest BCUT2D eigenvalue weighted by Gasteiger charge is 2.40. The average molecular weight is 258 g/mol. The van der Waals surface area contributed by atoms with E-state index in [9.17, 15) is 14.4 Å². The lowest BCUT2D eigenvalue weighted by Crippen LogP contribution is -2.48. The summed E-state index contributed by atoms with van der Waals surface area (Å²) in [6, 6.07) is -2.04. The molecule has 1 fully saturated rings. The summed E-state index contributed by atoms with van der Waals surface area (Å²) < 4.78 is 0. The maximum atomic E-state index is 11.5. The predicted molar refractivity (Wildman–Crippen MR) is 62.2 cm³/mol. The number of nitrogens with one attached hydrogen (secondary N) is 2. The Morgan fingerprint density at radius 2 is 1.89 bits per heavy atom. The van der Waals surface area contributed by atoms with Gasteiger partial charge in [0.05, 0.1) is 6.42 Å². The molecule has 1 saturated carbocycles. The topological polar surface area (TPSA) is 116 Å². The van der Waals surface area contributed by atoms with Gasteiger partial charge in [-0.2, -0.15) is 0 Å². The fourth-order valence-electron chi connectivity index (χ4n) is 1.68. The Hall–Kier alpha value is -1.79. The predicted octanol–water partition coefficient (Wildman–Crippen LogP) is 0.404. The lowest BCUT2D eigenvalue weighted by molar-refractivity contribution is -0.145. The Bertz CT molecular complexity index is 351. The zero-order chi connectivity index (χ0) is 13.8. The monoisotopic (exact) mass is 258 g/mol. The van der Waals surface area contributed by atoms with E-state index in [1.165, 1.54) is 0 Å². The zero-order valence-corrected chi connectivity index (χ0v) is 10.2. The number of carbonyl (C=O) groups is 3. The van der Waals surface area contributed by atoms with Crippen molar-refractivity contribution >= 4 is 18.0 Å². The Morgan fingerprint density at radius 3 is 2.28 bits per heavy atom. The molecule has 18 heavy (non-hydrogen) atoms. The lowest BCUT2D eigenvalue weighted by Gasteiger charge is -2.16. The van der Waals surface area contributed by atoms with Crippen molar-refractivity contribution in [2.45, 2.75) is 38.6 Å². The summed E-state index contributed by atoms with van der Waals surface area (Å²) >= 11 is 0. The first kappa shape index (κ1) is 14.3. The number of carboxylic acid groups (broad SMARTS) is 2. The van der Waals surface area contributed by atoms with Crippen LogP contribution in [0, 0.1) is 5.41 Å². The van der Waals surface area contributed by atoms with Crippen molar-refractivity contribution in [1.82, 2.24) is 10.6 Å². The van der Waals surface area contributed by atoms with E-state index < -0.39 is 30.4 Å². The van der Waals surface area contributed by atoms with Crippen LogP contribution in [-0.4, -0.2) is 40.8 Å². The summed E-state index contributed by atoms with van der Waals surface area (Å²) in [7, 11) is 0. The third-order valence-corrected chi connectivity index (χ3v) is 3.31. The van der Waals surface area contributed by atoms with E-state index >= 15 is 0 Å². The van der Waals surface area contributed by atoms with E-state index in [0.717, 1.165) is 19.3 Å². The molecule has 0 aromatic carbocycles. The van der Waals surface area contributed by atoms with Crippen molar-refractivity contribution in [3.8, 4) is 0 Å². The molecule has 0 unspecified atom stereocenters. The minimum Gasteiger partial charge on any atom is -0.481 e. The van der Waals surface area contributed by atoms with Gasteiger partial charge in [-0.3, -0.25) is 4.79 Å². The van der Waals surface area contributed by atoms with Gasteiger partial charge in [-0.1, -0.05) is 6.92 Å².